The lowest BCUT2D eigenvalue weighted by atomic mass is 9.80. The fourth-order valence-corrected chi connectivity index (χ4v) is 3.35. The highest BCUT2D eigenvalue weighted by Crippen LogP contribution is 2.31. The second-order valence-corrected chi connectivity index (χ2v) is 5.96. The molecule has 0 aromatic carbocycles. The van der Waals surface area contributed by atoms with Gasteiger partial charge < -0.3 is 5.32 Å². The van der Waals surface area contributed by atoms with Crippen molar-refractivity contribution in [3.8, 4) is 0 Å². The van der Waals surface area contributed by atoms with Crippen molar-refractivity contribution < 1.29 is 0 Å². The molecule has 18 heavy (non-hydrogen) atoms. The fraction of sp³-hybridized carbons (Fsp3) is 0.714. The van der Waals surface area contributed by atoms with Crippen LogP contribution >= 0.6 is 11.6 Å². The molecule has 0 spiro atoms. The molecule has 1 aromatic heterocycles. The van der Waals surface area contributed by atoms with Gasteiger partial charge in [-0.1, -0.05) is 32.4 Å². The van der Waals surface area contributed by atoms with Gasteiger partial charge in [0.1, 0.15) is 17.3 Å². The van der Waals surface area contributed by atoms with E-state index in [1.165, 1.54) is 19.3 Å². The third kappa shape index (κ3) is 3.14. The topological polar surface area (TPSA) is 37.8 Å². The maximum Gasteiger partial charge on any atom is 0.137 e. The molecule has 4 heteroatoms. The summed E-state index contributed by atoms with van der Waals surface area (Å²) in [5.74, 6) is 2.49. The molecule has 1 aliphatic rings. The standard InChI is InChI=1S/C14H22ClN3/c1-4-12-13(15)16-8-17-14(12)18-11-6-9(2)5-10(3)7-11/h8-11H,4-7H2,1-3H3,(H,16,17,18). The molecule has 1 fully saturated rings. The fourth-order valence-electron chi connectivity index (χ4n) is 3.09. The molecule has 1 aliphatic carbocycles. The van der Waals surface area contributed by atoms with E-state index >= 15 is 0 Å². The number of hydrogen-bond donors (Lipinski definition) is 1. The van der Waals surface area contributed by atoms with Gasteiger partial charge in [-0.2, -0.15) is 0 Å². The van der Waals surface area contributed by atoms with Crippen molar-refractivity contribution in [2.75, 3.05) is 5.32 Å². The number of aromatic nitrogens is 2. The van der Waals surface area contributed by atoms with Crippen LogP contribution < -0.4 is 5.32 Å². The first kappa shape index (κ1) is 13.6. The lowest BCUT2D eigenvalue weighted by Gasteiger charge is -2.32. The first-order chi connectivity index (χ1) is 8.60. The zero-order valence-electron chi connectivity index (χ0n) is 11.4. The number of anilines is 1. The third-order valence-corrected chi connectivity index (χ3v) is 4.09. The minimum Gasteiger partial charge on any atom is -0.367 e. The van der Waals surface area contributed by atoms with E-state index in [-0.39, 0.29) is 0 Å². The van der Waals surface area contributed by atoms with E-state index in [0.717, 1.165) is 29.6 Å². The highest BCUT2D eigenvalue weighted by Gasteiger charge is 2.24. The summed E-state index contributed by atoms with van der Waals surface area (Å²) in [6.07, 6.45) is 6.17. The highest BCUT2D eigenvalue weighted by atomic mass is 35.5. The first-order valence-electron chi connectivity index (χ1n) is 6.86. The van der Waals surface area contributed by atoms with Crippen molar-refractivity contribution in [3.05, 3.63) is 17.0 Å². The molecule has 1 heterocycles. The van der Waals surface area contributed by atoms with Crippen molar-refractivity contribution in [2.24, 2.45) is 11.8 Å². The zero-order chi connectivity index (χ0) is 13.1. The summed E-state index contributed by atoms with van der Waals surface area (Å²) in [7, 11) is 0. The molecule has 0 radical (unpaired) electrons. The van der Waals surface area contributed by atoms with Gasteiger partial charge in [0, 0.05) is 11.6 Å². The van der Waals surface area contributed by atoms with Crippen molar-refractivity contribution in [2.45, 2.75) is 52.5 Å². The van der Waals surface area contributed by atoms with Crippen LogP contribution in [-0.4, -0.2) is 16.0 Å². The van der Waals surface area contributed by atoms with Crippen LogP contribution in [0.25, 0.3) is 0 Å². The Bertz CT molecular complexity index is 398. The SMILES string of the molecule is CCc1c(Cl)ncnc1NC1CC(C)CC(C)C1. The predicted molar refractivity (Wildman–Crippen MR) is 76.0 cm³/mol. The molecule has 0 amide bonds. The van der Waals surface area contributed by atoms with E-state index in [0.29, 0.717) is 11.2 Å². The lowest BCUT2D eigenvalue weighted by molar-refractivity contribution is 0.280. The van der Waals surface area contributed by atoms with Crippen LogP contribution in [0.4, 0.5) is 5.82 Å². The molecular weight excluding hydrogens is 246 g/mol. The highest BCUT2D eigenvalue weighted by molar-refractivity contribution is 6.30. The second kappa shape index (κ2) is 5.87. The van der Waals surface area contributed by atoms with Crippen LogP contribution in [0.3, 0.4) is 0 Å². The van der Waals surface area contributed by atoms with Gasteiger partial charge in [-0.25, -0.2) is 9.97 Å². The van der Waals surface area contributed by atoms with Crippen molar-refractivity contribution >= 4 is 17.4 Å². The van der Waals surface area contributed by atoms with Gasteiger partial charge in [0.2, 0.25) is 0 Å². The number of nitrogens with zero attached hydrogens (tertiary/aromatic N) is 2. The Morgan fingerprint density at radius 2 is 1.89 bits per heavy atom. The summed E-state index contributed by atoms with van der Waals surface area (Å²) in [6, 6.07) is 0.514. The van der Waals surface area contributed by atoms with Crippen LogP contribution in [0.15, 0.2) is 6.33 Å². The van der Waals surface area contributed by atoms with Gasteiger partial charge >= 0.3 is 0 Å². The van der Waals surface area contributed by atoms with Crippen LogP contribution in [-0.2, 0) is 6.42 Å². The maximum atomic E-state index is 6.11. The Kier molecular flexibility index (Phi) is 4.44. The van der Waals surface area contributed by atoms with Crippen molar-refractivity contribution in [3.63, 3.8) is 0 Å². The zero-order valence-corrected chi connectivity index (χ0v) is 12.2. The normalized spacial score (nSPS) is 28.1. The average Bonchev–Trinajstić information content (AvgIpc) is 2.27. The maximum absolute atomic E-state index is 6.11. The third-order valence-electron chi connectivity index (χ3n) is 3.77. The van der Waals surface area contributed by atoms with Crippen LogP contribution in [0.1, 0.15) is 45.6 Å². The van der Waals surface area contributed by atoms with E-state index in [2.05, 4.69) is 36.1 Å². The summed E-state index contributed by atoms with van der Waals surface area (Å²) in [5.41, 5.74) is 1.03. The predicted octanol–water partition coefficient (Wildman–Crippen LogP) is 3.93. The molecule has 1 N–H and O–H groups in total. The Labute approximate surface area is 114 Å². The minimum atomic E-state index is 0.514. The molecule has 100 valence electrons. The van der Waals surface area contributed by atoms with E-state index in [9.17, 15) is 0 Å². The van der Waals surface area contributed by atoms with Gasteiger partial charge in [0.05, 0.1) is 0 Å². The molecule has 1 saturated carbocycles. The number of halogens is 1. The summed E-state index contributed by atoms with van der Waals surface area (Å²) in [5, 5.41) is 4.14. The Hall–Kier alpha value is -0.830. The molecule has 0 saturated heterocycles. The lowest BCUT2D eigenvalue weighted by Crippen LogP contribution is -2.31. The summed E-state index contributed by atoms with van der Waals surface area (Å²) in [6.45, 7) is 6.75. The molecule has 2 unspecified atom stereocenters. The van der Waals surface area contributed by atoms with Crippen molar-refractivity contribution in [1.82, 2.24) is 9.97 Å². The van der Waals surface area contributed by atoms with Gasteiger partial charge in [0.25, 0.3) is 0 Å². The largest absolute Gasteiger partial charge is 0.367 e. The molecule has 0 aliphatic heterocycles. The van der Waals surface area contributed by atoms with Crippen molar-refractivity contribution in [1.29, 1.82) is 0 Å². The molecule has 2 rings (SSSR count). The molecule has 2 atom stereocenters. The van der Waals surface area contributed by atoms with E-state index in [1.807, 2.05) is 0 Å². The Morgan fingerprint density at radius 3 is 2.50 bits per heavy atom. The van der Waals surface area contributed by atoms with Crippen LogP contribution in [0.5, 0.6) is 0 Å². The Balaban J connectivity index is 2.11. The molecule has 0 bridgehead atoms. The van der Waals surface area contributed by atoms with Gasteiger partial charge in [-0.15, -0.1) is 0 Å². The number of hydrogen-bond acceptors (Lipinski definition) is 3. The molecular formula is C14H22ClN3. The number of nitrogens with one attached hydrogen (secondary N) is 1. The van der Waals surface area contributed by atoms with E-state index in [1.54, 1.807) is 6.33 Å². The summed E-state index contributed by atoms with van der Waals surface area (Å²) >= 11 is 6.11. The Morgan fingerprint density at radius 1 is 1.22 bits per heavy atom. The molecule has 3 nitrogen and oxygen atoms in total. The van der Waals surface area contributed by atoms with Crippen LogP contribution in [0, 0.1) is 11.8 Å². The quantitative estimate of drug-likeness (QED) is 0.844. The van der Waals surface area contributed by atoms with E-state index in [4.69, 9.17) is 11.6 Å². The summed E-state index contributed by atoms with van der Waals surface area (Å²) in [4.78, 5) is 8.40. The minimum absolute atomic E-state index is 0.514. The van der Waals surface area contributed by atoms with E-state index < -0.39 is 0 Å². The monoisotopic (exact) mass is 267 g/mol. The van der Waals surface area contributed by atoms with Gasteiger partial charge in [-0.3, -0.25) is 0 Å². The van der Waals surface area contributed by atoms with Crippen LogP contribution in [0.2, 0.25) is 5.15 Å². The number of rotatable bonds is 3. The van der Waals surface area contributed by atoms with Gasteiger partial charge in [0.15, 0.2) is 0 Å². The smallest absolute Gasteiger partial charge is 0.137 e. The first-order valence-corrected chi connectivity index (χ1v) is 7.23. The second-order valence-electron chi connectivity index (χ2n) is 5.60. The summed E-state index contributed by atoms with van der Waals surface area (Å²) < 4.78 is 0. The van der Waals surface area contributed by atoms with Gasteiger partial charge in [-0.05, 0) is 37.5 Å². The average molecular weight is 268 g/mol. The molecule has 1 aromatic rings.